The molecule has 0 saturated carbocycles. The Bertz CT molecular complexity index is 365. The van der Waals surface area contributed by atoms with Crippen molar-refractivity contribution in [3.63, 3.8) is 0 Å². The van der Waals surface area contributed by atoms with Gasteiger partial charge in [0.25, 0.3) is 0 Å². The molecule has 5 nitrogen and oxygen atoms in total. The summed E-state index contributed by atoms with van der Waals surface area (Å²) in [6.45, 7) is 1.03. The molecule has 0 saturated heterocycles. The van der Waals surface area contributed by atoms with E-state index in [0.717, 1.165) is 0 Å². The summed E-state index contributed by atoms with van der Waals surface area (Å²) in [6.07, 6.45) is 1.23. The summed E-state index contributed by atoms with van der Waals surface area (Å²) in [6, 6.07) is 0. The average Bonchev–Trinajstić information content (AvgIpc) is 2.08. The molecule has 0 fully saturated rings. The minimum atomic E-state index is -1.27. The molecule has 99 valence electrons. The van der Waals surface area contributed by atoms with Gasteiger partial charge in [-0.05, 0) is 6.92 Å². The van der Waals surface area contributed by atoms with Gasteiger partial charge in [0.15, 0.2) is 5.75 Å². The van der Waals surface area contributed by atoms with Gasteiger partial charge < -0.3 is 52.5 Å². The van der Waals surface area contributed by atoms with Gasteiger partial charge >= 0.3 is 23.0 Å². The number of aliphatic hydroxyl groups is 1. The van der Waals surface area contributed by atoms with Gasteiger partial charge in [0.2, 0.25) is 0 Å². The summed E-state index contributed by atoms with van der Waals surface area (Å²) in [5.74, 6) is -1.66. The van der Waals surface area contributed by atoms with E-state index >= 15 is 0 Å². The number of aromatic carboxylic acids is 1. The van der Waals surface area contributed by atoms with Crippen LogP contribution in [0.5, 0.6) is 5.75 Å². The summed E-state index contributed by atoms with van der Waals surface area (Å²) < 4.78 is 0. The molecule has 1 aromatic heterocycles. The maximum atomic E-state index is 10.7. The molecule has 9 heteroatoms. The van der Waals surface area contributed by atoms with Crippen LogP contribution in [0.15, 0.2) is 6.20 Å². The largest absolute Gasteiger partial charge is 3.00 e. The third-order valence-corrected chi connectivity index (χ3v) is 1.70. The van der Waals surface area contributed by atoms with Gasteiger partial charge in [-0.1, -0.05) is 0 Å². The molecule has 0 aliphatic heterocycles. The minimum Gasteiger partial charge on any atom is -1.00 e. The fourth-order valence-electron chi connectivity index (χ4n) is 0.992. The maximum Gasteiger partial charge on any atom is 3.00 e. The number of hydrogen-bond acceptors (Lipinski definition) is 4. The molecular weight excluding hydrogens is 336 g/mol. The Hall–Kier alpha value is -0.231. The molecule has 1 heterocycles. The molecule has 0 amide bonds. The van der Waals surface area contributed by atoms with Crippen molar-refractivity contribution in [2.24, 2.45) is 0 Å². The first-order valence-corrected chi connectivity index (χ1v) is 3.59. The summed E-state index contributed by atoms with van der Waals surface area (Å²) in [5.41, 5.74) is 0.0557. The molecule has 0 aromatic carbocycles. The van der Waals surface area contributed by atoms with E-state index in [2.05, 4.69) is 4.98 Å². The fourth-order valence-corrected chi connectivity index (χ4v) is 0.992. The van der Waals surface area contributed by atoms with Crippen molar-refractivity contribution in [1.29, 1.82) is 0 Å². The first-order valence-electron chi connectivity index (χ1n) is 3.59. The number of carboxylic acids is 1. The van der Waals surface area contributed by atoms with Crippen LogP contribution in [-0.2, 0) is 23.7 Å². The number of halogens is 3. The van der Waals surface area contributed by atoms with Gasteiger partial charge in [0.05, 0.1) is 12.3 Å². The fraction of sp³-hybridized carbons (Fsp3) is 0.250. The van der Waals surface area contributed by atoms with Crippen molar-refractivity contribution in [2.45, 2.75) is 13.5 Å². The van der Waals surface area contributed by atoms with E-state index in [0.29, 0.717) is 0 Å². The molecule has 0 atom stereocenters. The molecule has 1 rings (SSSR count). The number of carboxylic acid groups (broad SMARTS) is 1. The zero-order valence-electron chi connectivity index (χ0n) is 8.47. The second-order valence-corrected chi connectivity index (χ2v) is 2.56. The van der Waals surface area contributed by atoms with Crippen LogP contribution < -0.4 is 37.2 Å². The third kappa shape index (κ3) is 5.77. The van der Waals surface area contributed by atoms with Crippen molar-refractivity contribution in [3.05, 3.63) is 23.0 Å². The summed E-state index contributed by atoms with van der Waals surface area (Å²) in [5, 5.41) is 26.8. The van der Waals surface area contributed by atoms with Crippen LogP contribution >= 0.6 is 0 Å². The van der Waals surface area contributed by atoms with Crippen LogP contribution in [0.25, 0.3) is 0 Å². The monoisotopic (exact) mass is 344 g/mol. The SMILES string of the molecule is Cc1ncc(CO)c(C(=O)O)c1O.[Cl-].[Cl-].[Cl-].[Fe+3]. The van der Waals surface area contributed by atoms with E-state index in [-0.39, 0.29) is 76.9 Å². The predicted molar refractivity (Wildman–Crippen MR) is 43.5 cm³/mol. The van der Waals surface area contributed by atoms with Crippen LogP contribution in [-0.4, -0.2) is 26.3 Å². The molecule has 1 radical (unpaired) electrons. The van der Waals surface area contributed by atoms with Crippen LogP contribution in [0, 0.1) is 6.92 Å². The van der Waals surface area contributed by atoms with E-state index < -0.39 is 12.6 Å². The smallest absolute Gasteiger partial charge is 1.00 e. The third-order valence-electron chi connectivity index (χ3n) is 1.70. The van der Waals surface area contributed by atoms with Crippen molar-refractivity contribution in [2.75, 3.05) is 0 Å². The Morgan fingerprint density at radius 2 is 1.82 bits per heavy atom. The average molecular weight is 345 g/mol. The molecule has 3 N–H and O–H groups in total. The molecule has 0 aliphatic rings. The second-order valence-electron chi connectivity index (χ2n) is 2.56. The van der Waals surface area contributed by atoms with E-state index in [9.17, 15) is 9.90 Å². The summed E-state index contributed by atoms with van der Waals surface area (Å²) >= 11 is 0. The summed E-state index contributed by atoms with van der Waals surface area (Å²) in [4.78, 5) is 14.4. The van der Waals surface area contributed by atoms with Gasteiger partial charge in [-0.2, -0.15) is 0 Å². The van der Waals surface area contributed by atoms with Crippen molar-refractivity contribution >= 4 is 5.97 Å². The number of aryl methyl sites for hydroxylation is 1. The Labute approximate surface area is 127 Å². The predicted octanol–water partition coefficient (Wildman–Crippen LogP) is -8.70. The molecule has 0 unspecified atom stereocenters. The van der Waals surface area contributed by atoms with Gasteiger partial charge in [0.1, 0.15) is 5.56 Å². The van der Waals surface area contributed by atoms with Gasteiger partial charge in [-0.3, -0.25) is 4.98 Å². The standard InChI is InChI=1S/C8H9NO4.3ClH.Fe/c1-4-7(11)6(8(12)13)5(3-10)2-9-4;;;;/h2,10-11H,3H2,1H3,(H,12,13);3*1H;/q;;;;+3/p-3. The van der Waals surface area contributed by atoms with Crippen LogP contribution in [0.1, 0.15) is 21.6 Å². The van der Waals surface area contributed by atoms with E-state index in [4.69, 9.17) is 10.2 Å². The van der Waals surface area contributed by atoms with Crippen molar-refractivity contribution in [3.8, 4) is 5.75 Å². The number of aromatic hydroxyl groups is 1. The van der Waals surface area contributed by atoms with E-state index in [1.54, 1.807) is 0 Å². The molecule has 0 aliphatic carbocycles. The quantitative estimate of drug-likeness (QED) is 0.463. The Balaban J connectivity index is -0.000000211. The number of rotatable bonds is 2. The molecule has 17 heavy (non-hydrogen) atoms. The summed E-state index contributed by atoms with van der Waals surface area (Å²) in [7, 11) is 0. The van der Waals surface area contributed by atoms with Crippen LogP contribution in [0.2, 0.25) is 0 Å². The van der Waals surface area contributed by atoms with Crippen LogP contribution in [0.4, 0.5) is 0 Å². The number of hydrogen-bond donors (Lipinski definition) is 3. The Morgan fingerprint density at radius 3 is 2.18 bits per heavy atom. The molecular formula is C8H9Cl3FeNO4. The number of carbonyl (C=O) groups is 1. The van der Waals surface area contributed by atoms with E-state index in [1.807, 2.05) is 0 Å². The number of aromatic nitrogens is 1. The van der Waals surface area contributed by atoms with Crippen LogP contribution in [0.3, 0.4) is 0 Å². The van der Waals surface area contributed by atoms with E-state index in [1.165, 1.54) is 13.1 Å². The first kappa shape index (κ1) is 25.6. The second kappa shape index (κ2) is 10.9. The van der Waals surface area contributed by atoms with Gasteiger partial charge in [-0.15, -0.1) is 0 Å². The molecule has 0 spiro atoms. The first-order chi connectivity index (χ1) is 6.07. The van der Waals surface area contributed by atoms with Crippen molar-refractivity contribution < 1.29 is 74.4 Å². The van der Waals surface area contributed by atoms with Crippen molar-refractivity contribution in [1.82, 2.24) is 4.98 Å². The zero-order valence-corrected chi connectivity index (χ0v) is 11.8. The number of nitrogens with zero attached hydrogens (tertiary/aromatic N) is 1. The minimum absolute atomic E-state index is 0. The zero-order chi connectivity index (χ0) is 10.0. The topological polar surface area (TPSA) is 90.7 Å². The number of aliphatic hydroxyl groups excluding tert-OH is 1. The molecule has 0 bridgehead atoms. The molecule has 1 aromatic rings. The normalized spacial score (nSPS) is 7.65. The number of pyridine rings is 1. The Morgan fingerprint density at radius 1 is 1.35 bits per heavy atom. The maximum absolute atomic E-state index is 10.7. The Kier molecular flexibility index (Phi) is 16.4. The van der Waals surface area contributed by atoms with Gasteiger partial charge in [0, 0.05) is 11.8 Å². The van der Waals surface area contributed by atoms with Gasteiger partial charge in [-0.25, -0.2) is 4.79 Å².